The van der Waals surface area contributed by atoms with E-state index < -0.39 is 18.2 Å². The molecule has 3 aliphatic rings. The van der Waals surface area contributed by atoms with Gasteiger partial charge in [0.15, 0.2) is 0 Å². The average Bonchev–Trinajstić information content (AvgIpc) is 3.94. The van der Waals surface area contributed by atoms with Crippen LogP contribution >= 0.6 is 0 Å². The van der Waals surface area contributed by atoms with Crippen molar-refractivity contribution in [2.45, 2.75) is 84.5 Å². The van der Waals surface area contributed by atoms with E-state index in [4.69, 9.17) is 14.7 Å². The smallest absolute Gasteiger partial charge is 0.407 e. The number of methoxy groups -OCH3 is 1. The minimum Gasteiger partial charge on any atom is -0.453 e. The zero-order valence-electron chi connectivity index (χ0n) is 30.3. The highest BCUT2D eigenvalue weighted by molar-refractivity contribution is 6.03. The molecule has 2 saturated heterocycles. The fourth-order valence-electron chi connectivity index (χ4n) is 7.12. The summed E-state index contributed by atoms with van der Waals surface area (Å²) >= 11 is 0. The molecule has 11 heteroatoms. The molecule has 5 atom stereocenters. The number of aliphatic hydroxyl groups is 1. The summed E-state index contributed by atoms with van der Waals surface area (Å²) in [4.78, 5) is 55.2. The van der Waals surface area contributed by atoms with Crippen LogP contribution in [0.4, 0.5) is 4.79 Å². The molecule has 2 aromatic carbocycles. The van der Waals surface area contributed by atoms with Crippen molar-refractivity contribution in [3.63, 3.8) is 0 Å². The van der Waals surface area contributed by atoms with Crippen molar-refractivity contribution in [3.8, 4) is 11.8 Å². The number of ether oxygens (including phenoxy) is 1. The Morgan fingerprint density at radius 1 is 0.961 bits per heavy atom. The number of hydrogen-bond donors (Lipinski definition) is 3. The zero-order valence-corrected chi connectivity index (χ0v) is 30.3. The van der Waals surface area contributed by atoms with Gasteiger partial charge >= 0.3 is 6.09 Å². The minimum absolute atomic E-state index is 0.0799. The molecule has 3 aliphatic heterocycles. The molecule has 0 bridgehead atoms. The summed E-state index contributed by atoms with van der Waals surface area (Å²) in [6, 6.07) is 12.9. The molecule has 0 aliphatic carbocycles. The standard InChI is InChI=1S/C40H48N6O5/c1-23(2)25(5)38(48)46-22-30(47)20-35(46)33-19-29(21-41-33)28-14-11-26(12-15-28)9-10-27-13-16-31-32(18-27)43-37(42-31)34-8-7-17-45(34)39(49)36(24(3)4)44-40(50)51-6/h11-16,18,21,23-25,30,34-36,47H,7-8,17,19-20,22H2,1-6H3,(H,42,43)(H,44,50)/t25-,30+,34-,35-,36-/m0/s1. The maximum absolute atomic E-state index is 13.5. The number of amides is 3. The summed E-state index contributed by atoms with van der Waals surface area (Å²) in [7, 11) is 1.29. The normalized spacial score (nSPS) is 21.4. The van der Waals surface area contributed by atoms with Gasteiger partial charge in [0.25, 0.3) is 0 Å². The molecule has 3 aromatic rings. The Balaban J connectivity index is 1.10. The van der Waals surface area contributed by atoms with E-state index >= 15 is 0 Å². The lowest BCUT2D eigenvalue weighted by molar-refractivity contribution is -0.136. The molecule has 0 unspecified atom stereocenters. The van der Waals surface area contributed by atoms with E-state index in [1.165, 1.54) is 7.11 Å². The predicted octanol–water partition coefficient (Wildman–Crippen LogP) is 5.45. The second-order valence-corrected chi connectivity index (χ2v) is 14.6. The van der Waals surface area contributed by atoms with Gasteiger partial charge in [-0.15, -0.1) is 0 Å². The molecule has 6 rings (SSSR count). The summed E-state index contributed by atoms with van der Waals surface area (Å²) in [5.74, 6) is 7.21. The summed E-state index contributed by atoms with van der Waals surface area (Å²) < 4.78 is 4.75. The van der Waals surface area contributed by atoms with Gasteiger partial charge in [0.1, 0.15) is 11.9 Å². The van der Waals surface area contributed by atoms with Gasteiger partial charge in [-0.3, -0.25) is 14.6 Å². The SMILES string of the molecule is COC(=O)N[C@H](C(=O)N1CCC[C@H]1c1nc2ccc(C#Cc3ccc(C4=CN=C([C@@H]5C[C@@H](O)CN5C(=O)[C@@H](C)C(C)C)C4)cc3)cc2[nH]1)C(C)C. The number of nitrogens with zero attached hydrogens (tertiary/aromatic N) is 4. The molecule has 0 saturated carbocycles. The Hall–Kier alpha value is -4.95. The van der Waals surface area contributed by atoms with Crippen molar-refractivity contribution in [2.24, 2.45) is 22.7 Å². The van der Waals surface area contributed by atoms with E-state index in [9.17, 15) is 19.5 Å². The van der Waals surface area contributed by atoms with Gasteiger partial charge in [0, 0.05) is 54.9 Å². The number of H-pyrrole nitrogens is 1. The topological polar surface area (TPSA) is 140 Å². The second-order valence-electron chi connectivity index (χ2n) is 14.6. The number of allylic oxidation sites excluding steroid dienone is 1. The van der Waals surface area contributed by atoms with Gasteiger partial charge in [0.05, 0.1) is 36.3 Å². The summed E-state index contributed by atoms with van der Waals surface area (Å²) in [5.41, 5.74) is 6.42. The molecule has 2 fully saturated rings. The van der Waals surface area contributed by atoms with Crippen LogP contribution < -0.4 is 5.32 Å². The van der Waals surface area contributed by atoms with E-state index in [-0.39, 0.29) is 41.7 Å². The fraction of sp³-hybridized carbons (Fsp3) is 0.475. The maximum atomic E-state index is 13.5. The molecule has 0 spiro atoms. The average molecular weight is 693 g/mol. The highest BCUT2D eigenvalue weighted by atomic mass is 16.5. The third kappa shape index (κ3) is 7.71. The van der Waals surface area contributed by atoms with Crippen molar-refractivity contribution in [1.82, 2.24) is 25.1 Å². The number of benzene rings is 2. The Kier molecular flexibility index (Phi) is 10.6. The van der Waals surface area contributed by atoms with E-state index in [2.05, 4.69) is 22.1 Å². The van der Waals surface area contributed by atoms with E-state index in [0.29, 0.717) is 25.9 Å². The zero-order chi connectivity index (χ0) is 36.4. The highest BCUT2D eigenvalue weighted by Crippen LogP contribution is 2.34. The molecule has 268 valence electrons. The number of aliphatic hydroxyl groups excluding tert-OH is 1. The number of imidazole rings is 1. The molecule has 3 amide bonds. The number of β-amino-alcohol motifs (C(OH)–C–C–N with tert-alkyl or cyclic N) is 1. The Morgan fingerprint density at radius 2 is 1.69 bits per heavy atom. The number of fused-ring (bicyclic) bond motifs is 1. The van der Waals surface area contributed by atoms with Crippen LogP contribution in [0.5, 0.6) is 0 Å². The van der Waals surface area contributed by atoms with Crippen LogP contribution in [0.15, 0.2) is 53.7 Å². The Morgan fingerprint density at radius 3 is 2.39 bits per heavy atom. The van der Waals surface area contributed by atoms with Gasteiger partial charge in [-0.2, -0.15) is 0 Å². The number of carbonyl (C=O) groups excluding carboxylic acids is 3. The van der Waals surface area contributed by atoms with Crippen molar-refractivity contribution >= 4 is 40.2 Å². The molecule has 51 heavy (non-hydrogen) atoms. The summed E-state index contributed by atoms with van der Waals surface area (Å²) in [6.07, 6.45) is 3.51. The number of hydrogen-bond acceptors (Lipinski definition) is 7. The van der Waals surface area contributed by atoms with Crippen molar-refractivity contribution < 1.29 is 24.2 Å². The monoisotopic (exact) mass is 692 g/mol. The maximum Gasteiger partial charge on any atom is 0.407 e. The first-order valence-electron chi connectivity index (χ1n) is 17.9. The van der Waals surface area contributed by atoms with Crippen LogP contribution in [0, 0.1) is 29.6 Å². The van der Waals surface area contributed by atoms with Gasteiger partial charge in [-0.25, -0.2) is 9.78 Å². The number of aromatic nitrogens is 2. The van der Waals surface area contributed by atoms with Crippen LogP contribution in [0.2, 0.25) is 0 Å². The van der Waals surface area contributed by atoms with E-state index in [0.717, 1.165) is 57.7 Å². The van der Waals surface area contributed by atoms with Gasteiger partial charge in [-0.05, 0) is 66.1 Å². The lowest BCUT2D eigenvalue weighted by Crippen LogP contribution is -2.51. The number of aromatic amines is 1. The third-order valence-electron chi connectivity index (χ3n) is 10.4. The molecule has 4 heterocycles. The first-order chi connectivity index (χ1) is 24.4. The quantitative estimate of drug-likeness (QED) is 0.269. The number of likely N-dealkylation sites (tertiary alicyclic amines) is 2. The van der Waals surface area contributed by atoms with Gasteiger partial charge in [0.2, 0.25) is 11.8 Å². The van der Waals surface area contributed by atoms with Crippen molar-refractivity contribution in [1.29, 1.82) is 0 Å². The summed E-state index contributed by atoms with van der Waals surface area (Å²) in [6.45, 7) is 10.8. The first-order valence-corrected chi connectivity index (χ1v) is 17.9. The third-order valence-corrected chi connectivity index (χ3v) is 10.4. The molecular weight excluding hydrogens is 644 g/mol. The molecule has 11 nitrogen and oxygen atoms in total. The highest BCUT2D eigenvalue weighted by Gasteiger charge is 2.40. The number of alkyl carbamates (subject to hydrolysis) is 1. The minimum atomic E-state index is -0.688. The van der Waals surface area contributed by atoms with Crippen LogP contribution in [0.25, 0.3) is 16.6 Å². The van der Waals surface area contributed by atoms with Crippen LogP contribution in [-0.2, 0) is 14.3 Å². The number of carbonyl (C=O) groups is 3. The van der Waals surface area contributed by atoms with E-state index in [1.807, 2.05) is 88.2 Å². The van der Waals surface area contributed by atoms with Crippen LogP contribution in [-0.4, -0.2) is 86.9 Å². The Labute approximate surface area is 299 Å². The first kappa shape index (κ1) is 35.9. The van der Waals surface area contributed by atoms with Crippen molar-refractivity contribution in [2.75, 3.05) is 20.2 Å². The largest absolute Gasteiger partial charge is 0.453 e. The molecule has 1 aromatic heterocycles. The van der Waals surface area contributed by atoms with E-state index in [1.54, 1.807) is 4.90 Å². The van der Waals surface area contributed by atoms with Crippen molar-refractivity contribution in [3.05, 3.63) is 71.2 Å². The molecule has 3 N–H and O–H groups in total. The number of rotatable bonds is 8. The van der Waals surface area contributed by atoms with Gasteiger partial charge < -0.3 is 29.9 Å². The Bertz CT molecular complexity index is 1920. The van der Waals surface area contributed by atoms with Crippen LogP contribution in [0.1, 0.15) is 88.9 Å². The molecule has 0 radical (unpaired) electrons. The van der Waals surface area contributed by atoms with Gasteiger partial charge in [-0.1, -0.05) is 58.6 Å². The molecular formula is C40H48N6O5. The fourth-order valence-corrected chi connectivity index (χ4v) is 7.12. The van der Waals surface area contributed by atoms with Crippen LogP contribution in [0.3, 0.4) is 0 Å². The number of nitrogens with one attached hydrogen (secondary N) is 2. The second kappa shape index (κ2) is 15.1. The lowest BCUT2D eigenvalue weighted by Gasteiger charge is -2.29. The lowest BCUT2D eigenvalue weighted by atomic mass is 9.94. The number of aliphatic imine (C=N–C) groups is 1. The summed E-state index contributed by atoms with van der Waals surface area (Å²) in [5, 5.41) is 13.1. The predicted molar refractivity (Wildman–Crippen MR) is 197 cm³/mol.